The Morgan fingerprint density at radius 1 is 0.967 bits per heavy atom. The largest absolute Gasteiger partial charge is 0.473 e. The number of hydrogen-bond acceptors (Lipinski definition) is 7. The molecule has 3 aromatic rings. The number of nitrogens with zero attached hydrogens (tertiary/aromatic N) is 4. The number of piperazine rings is 1. The van der Waals surface area contributed by atoms with Gasteiger partial charge < -0.3 is 14.6 Å². The fourth-order valence-corrected chi connectivity index (χ4v) is 3.77. The van der Waals surface area contributed by atoms with E-state index in [1.807, 2.05) is 41.9 Å². The molecular weight excluding hydrogens is 408 g/mol. The molecule has 1 aliphatic rings. The number of aromatic nitrogens is 2. The van der Waals surface area contributed by atoms with Crippen LogP contribution in [0, 0.1) is 0 Å². The molecule has 9 nitrogen and oxygen atoms in total. The van der Waals surface area contributed by atoms with E-state index in [1.54, 1.807) is 0 Å². The molecule has 30 heavy (non-hydrogen) atoms. The maximum Gasteiger partial charge on any atom is 0.414 e. The van der Waals surface area contributed by atoms with Gasteiger partial charge in [0.2, 0.25) is 0 Å². The summed E-state index contributed by atoms with van der Waals surface area (Å²) in [5, 5.41) is 16.7. The van der Waals surface area contributed by atoms with Crippen LogP contribution >= 0.6 is 11.3 Å². The van der Waals surface area contributed by atoms with E-state index in [9.17, 15) is 4.79 Å². The van der Waals surface area contributed by atoms with Gasteiger partial charge in [0, 0.05) is 45.1 Å². The highest BCUT2D eigenvalue weighted by Gasteiger charge is 2.20. The van der Waals surface area contributed by atoms with Crippen LogP contribution in [0.4, 0.5) is 0 Å². The first kappa shape index (κ1) is 21.6. The molecule has 2 N–H and O–H groups in total. The number of pyridine rings is 1. The molecule has 0 aromatic carbocycles. The summed E-state index contributed by atoms with van der Waals surface area (Å²) < 4.78 is 2.06. The molecule has 4 rings (SSSR count). The van der Waals surface area contributed by atoms with Crippen LogP contribution in [-0.2, 0) is 16.1 Å². The summed E-state index contributed by atoms with van der Waals surface area (Å²) in [7, 11) is 0. The molecule has 10 heteroatoms. The molecule has 0 radical (unpaired) electrons. The van der Waals surface area contributed by atoms with Gasteiger partial charge in [0.25, 0.3) is 0 Å². The minimum absolute atomic E-state index is 0.235. The fraction of sp³-hybridized carbons (Fsp3) is 0.300. The summed E-state index contributed by atoms with van der Waals surface area (Å²) >= 11 is 1.53. The standard InChI is InChI=1S/C18H20N4OS.C2H2O4/c23-16(17-4-3-11-24-17)14-21-9-7-20(8-10-21)12-15-13-22-6-2-1-5-18(22)19-15;3-1(4)2(5)6/h1-6,11,13H,7-10,12,14H2;(H,3,4)(H,5,6). The predicted octanol–water partition coefficient (Wildman–Crippen LogP) is 1.55. The van der Waals surface area contributed by atoms with E-state index in [4.69, 9.17) is 19.8 Å². The maximum absolute atomic E-state index is 12.2. The topological polar surface area (TPSA) is 115 Å². The van der Waals surface area contributed by atoms with Gasteiger partial charge >= 0.3 is 11.9 Å². The number of aliphatic carboxylic acids is 2. The Hall–Kier alpha value is -3.08. The Morgan fingerprint density at radius 2 is 1.67 bits per heavy atom. The van der Waals surface area contributed by atoms with Crippen LogP contribution in [-0.4, -0.2) is 79.8 Å². The number of carbonyl (C=O) groups excluding carboxylic acids is 1. The number of carboxylic acids is 2. The number of fused-ring (bicyclic) bond motifs is 1. The van der Waals surface area contributed by atoms with Gasteiger partial charge in [-0.25, -0.2) is 14.6 Å². The summed E-state index contributed by atoms with van der Waals surface area (Å²) in [5.74, 6) is -3.41. The van der Waals surface area contributed by atoms with Crippen LogP contribution in [0.3, 0.4) is 0 Å². The van der Waals surface area contributed by atoms with Crippen LogP contribution in [0.1, 0.15) is 15.4 Å². The molecule has 4 heterocycles. The molecule has 0 aliphatic carbocycles. The van der Waals surface area contributed by atoms with E-state index in [0.29, 0.717) is 6.54 Å². The monoisotopic (exact) mass is 430 g/mol. The zero-order chi connectivity index (χ0) is 21.5. The summed E-state index contributed by atoms with van der Waals surface area (Å²) in [6.07, 6.45) is 4.13. The van der Waals surface area contributed by atoms with E-state index in [2.05, 4.69) is 25.4 Å². The molecule has 1 aliphatic heterocycles. The van der Waals surface area contributed by atoms with Crippen LogP contribution in [0.15, 0.2) is 48.1 Å². The second-order valence-corrected chi connectivity index (χ2v) is 7.71. The predicted molar refractivity (Wildman–Crippen MR) is 111 cm³/mol. The van der Waals surface area contributed by atoms with Crippen molar-refractivity contribution in [2.75, 3.05) is 32.7 Å². The number of carbonyl (C=O) groups is 3. The van der Waals surface area contributed by atoms with Crippen LogP contribution < -0.4 is 0 Å². The van der Waals surface area contributed by atoms with Crippen molar-refractivity contribution < 1.29 is 24.6 Å². The number of carboxylic acid groups (broad SMARTS) is 2. The van der Waals surface area contributed by atoms with Gasteiger partial charge in [0.15, 0.2) is 5.78 Å². The lowest BCUT2D eigenvalue weighted by Crippen LogP contribution is -2.47. The lowest BCUT2D eigenvalue weighted by atomic mass is 10.2. The van der Waals surface area contributed by atoms with Crippen molar-refractivity contribution in [3.63, 3.8) is 0 Å². The van der Waals surface area contributed by atoms with Crippen molar-refractivity contribution >= 4 is 34.7 Å². The van der Waals surface area contributed by atoms with Crippen LogP contribution in [0.5, 0.6) is 0 Å². The molecule has 1 saturated heterocycles. The molecule has 0 spiro atoms. The summed E-state index contributed by atoms with van der Waals surface area (Å²) in [4.78, 5) is 40.6. The highest BCUT2D eigenvalue weighted by atomic mass is 32.1. The van der Waals surface area contributed by atoms with Crippen molar-refractivity contribution in [1.82, 2.24) is 19.2 Å². The maximum atomic E-state index is 12.2. The minimum atomic E-state index is -1.82. The van der Waals surface area contributed by atoms with E-state index < -0.39 is 11.9 Å². The first-order valence-corrected chi connectivity index (χ1v) is 10.2. The van der Waals surface area contributed by atoms with Crippen molar-refractivity contribution in [3.05, 3.63) is 58.7 Å². The van der Waals surface area contributed by atoms with Crippen molar-refractivity contribution in [2.24, 2.45) is 0 Å². The number of thiophene rings is 1. The Labute approximate surface area is 176 Å². The highest BCUT2D eigenvalue weighted by Crippen LogP contribution is 2.13. The van der Waals surface area contributed by atoms with E-state index in [1.165, 1.54) is 11.3 Å². The molecule has 1 fully saturated rings. The van der Waals surface area contributed by atoms with Crippen LogP contribution in [0.2, 0.25) is 0 Å². The third-order valence-corrected chi connectivity index (χ3v) is 5.52. The van der Waals surface area contributed by atoms with Gasteiger partial charge in [-0.05, 0) is 23.6 Å². The molecule has 0 amide bonds. The third-order valence-electron chi connectivity index (χ3n) is 4.61. The summed E-state index contributed by atoms with van der Waals surface area (Å²) in [5.41, 5.74) is 2.09. The summed E-state index contributed by atoms with van der Waals surface area (Å²) in [6, 6.07) is 9.90. The Morgan fingerprint density at radius 3 is 2.27 bits per heavy atom. The average molecular weight is 430 g/mol. The van der Waals surface area contributed by atoms with E-state index in [0.717, 1.165) is 48.9 Å². The lowest BCUT2D eigenvalue weighted by Gasteiger charge is -2.33. The Kier molecular flexibility index (Phi) is 7.28. The number of Topliss-reactive ketones (excluding diaryl/α,β-unsaturated/α-hetero) is 1. The smallest absolute Gasteiger partial charge is 0.414 e. The quantitative estimate of drug-likeness (QED) is 0.463. The molecule has 0 atom stereocenters. The van der Waals surface area contributed by atoms with Gasteiger partial charge in [0.1, 0.15) is 5.65 Å². The van der Waals surface area contributed by atoms with Crippen molar-refractivity contribution in [2.45, 2.75) is 6.54 Å². The minimum Gasteiger partial charge on any atom is -0.473 e. The van der Waals surface area contributed by atoms with Gasteiger partial charge in [-0.2, -0.15) is 0 Å². The molecule has 158 valence electrons. The fourth-order valence-electron chi connectivity index (χ4n) is 3.12. The molecule has 0 bridgehead atoms. The van der Waals surface area contributed by atoms with Gasteiger partial charge in [-0.1, -0.05) is 12.1 Å². The zero-order valence-electron chi connectivity index (χ0n) is 16.2. The van der Waals surface area contributed by atoms with E-state index in [-0.39, 0.29) is 5.78 Å². The Bertz CT molecular complexity index is 964. The average Bonchev–Trinajstić information content (AvgIpc) is 3.39. The second kappa shape index (κ2) is 10.1. The molecular formula is C20H22N4O5S. The van der Waals surface area contributed by atoms with Gasteiger partial charge in [-0.3, -0.25) is 14.6 Å². The number of hydrogen-bond donors (Lipinski definition) is 2. The zero-order valence-corrected chi connectivity index (χ0v) is 17.0. The normalized spacial score (nSPS) is 14.8. The highest BCUT2D eigenvalue weighted by molar-refractivity contribution is 7.12. The molecule has 3 aromatic heterocycles. The number of ketones is 1. The number of imidazole rings is 1. The van der Waals surface area contributed by atoms with Gasteiger partial charge in [-0.15, -0.1) is 11.3 Å². The first-order chi connectivity index (χ1) is 14.4. The summed E-state index contributed by atoms with van der Waals surface area (Å²) in [6.45, 7) is 5.23. The second-order valence-electron chi connectivity index (χ2n) is 6.76. The van der Waals surface area contributed by atoms with Crippen molar-refractivity contribution in [1.29, 1.82) is 0 Å². The Balaban J connectivity index is 0.000000377. The number of rotatable bonds is 5. The SMILES string of the molecule is O=C(CN1CCN(Cc2cn3ccccc3n2)CC1)c1cccs1.O=C(O)C(=O)O. The first-order valence-electron chi connectivity index (χ1n) is 9.32. The van der Waals surface area contributed by atoms with E-state index >= 15 is 0 Å². The van der Waals surface area contributed by atoms with Crippen molar-refractivity contribution in [3.8, 4) is 0 Å². The van der Waals surface area contributed by atoms with Crippen LogP contribution in [0.25, 0.3) is 5.65 Å². The van der Waals surface area contributed by atoms with Gasteiger partial charge in [0.05, 0.1) is 17.1 Å². The lowest BCUT2D eigenvalue weighted by molar-refractivity contribution is -0.159. The third kappa shape index (κ3) is 5.96. The molecule has 0 unspecified atom stereocenters. The molecule has 0 saturated carbocycles.